The molecule has 0 atom stereocenters. The van der Waals surface area contributed by atoms with E-state index in [-0.39, 0.29) is 11.8 Å². The van der Waals surface area contributed by atoms with Crippen molar-refractivity contribution < 1.29 is 14.3 Å². The van der Waals surface area contributed by atoms with Crippen LogP contribution in [0.3, 0.4) is 0 Å². The average Bonchev–Trinajstić information content (AvgIpc) is 3.22. The zero-order valence-electron chi connectivity index (χ0n) is 17.2. The summed E-state index contributed by atoms with van der Waals surface area (Å²) in [6.07, 6.45) is 1.71. The van der Waals surface area contributed by atoms with Gasteiger partial charge in [0.25, 0.3) is 5.91 Å². The minimum absolute atomic E-state index is 0.284. The first-order valence-corrected chi connectivity index (χ1v) is 9.95. The molecule has 4 aromatic rings. The Labute approximate surface area is 181 Å². The lowest BCUT2D eigenvalue weighted by Crippen LogP contribution is -2.13. The molecule has 156 valence electrons. The van der Waals surface area contributed by atoms with Gasteiger partial charge in [-0.3, -0.25) is 9.48 Å². The number of nitrogens with zero attached hydrogens (tertiary/aromatic N) is 2. The van der Waals surface area contributed by atoms with Crippen LogP contribution >= 0.6 is 0 Å². The second-order valence-corrected chi connectivity index (χ2v) is 6.96. The lowest BCUT2D eigenvalue weighted by molar-refractivity contribution is 0.102. The maximum atomic E-state index is 13.1. The summed E-state index contributed by atoms with van der Waals surface area (Å²) < 4.78 is 13.0. The van der Waals surface area contributed by atoms with E-state index in [4.69, 9.17) is 9.47 Å². The molecule has 6 heteroatoms. The Hall–Kier alpha value is -4.06. The molecule has 0 spiro atoms. The van der Waals surface area contributed by atoms with Crippen molar-refractivity contribution in [1.29, 1.82) is 0 Å². The zero-order chi connectivity index (χ0) is 21.5. The second-order valence-electron chi connectivity index (χ2n) is 6.96. The van der Waals surface area contributed by atoms with Crippen LogP contribution in [0.15, 0.2) is 91.1 Å². The van der Waals surface area contributed by atoms with E-state index in [2.05, 4.69) is 10.4 Å². The van der Waals surface area contributed by atoms with Gasteiger partial charge in [-0.05, 0) is 23.3 Å². The largest absolute Gasteiger partial charge is 0.495 e. The van der Waals surface area contributed by atoms with Crippen molar-refractivity contribution in [2.24, 2.45) is 0 Å². The zero-order valence-corrected chi connectivity index (χ0v) is 17.2. The highest BCUT2D eigenvalue weighted by Crippen LogP contribution is 2.26. The number of ether oxygens (including phenoxy) is 2. The van der Waals surface area contributed by atoms with E-state index in [9.17, 15) is 4.79 Å². The number of carbonyl (C=O) groups excluding carboxylic acids is 1. The van der Waals surface area contributed by atoms with E-state index in [1.54, 1.807) is 30.1 Å². The van der Waals surface area contributed by atoms with Gasteiger partial charge < -0.3 is 14.8 Å². The van der Waals surface area contributed by atoms with Gasteiger partial charge in [0.2, 0.25) is 5.88 Å². The number of hydrogen-bond donors (Lipinski definition) is 1. The summed E-state index contributed by atoms with van der Waals surface area (Å²) in [6.45, 7) is 0.850. The molecule has 0 saturated heterocycles. The van der Waals surface area contributed by atoms with Gasteiger partial charge in [0.15, 0.2) is 0 Å². The van der Waals surface area contributed by atoms with Crippen LogP contribution in [0.1, 0.15) is 21.5 Å². The van der Waals surface area contributed by atoms with Gasteiger partial charge in [0.1, 0.15) is 17.9 Å². The van der Waals surface area contributed by atoms with Crippen LogP contribution in [-0.4, -0.2) is 22.8 Å². The molecule has 4 rings (SSSR count). The molecule has 1 amide bonds. The van der Waals surface area contributed by atoms with Gasteiger partial charge in [0.05, 0.1) is 19.3 Å². The van der Waals surface area contributed by atoms with Crippen LogP contribution in [0.4, 0.5) is 5.69 Å². The summed E-state index contributed by atoms with van der Waals surface area (Å²) in [5, 5.41) is 7.42. The maximum Gasteiger partial charge on any atom is 0.262 e. The molecule has 3 aromatic carbocycles. The summed E-state index contributed by atoms with van der Waals surface area (Å²) in [5.41, 5.74) is 3.02. The number of hydrogen-bond acceptors (Lipinski definition) is 4. The Morgan fingerprint density at radius 3 is 2.26 bits per heavy atom. The monoisotopic (exact) mass is 413 g/mol. The fraction of sp³-hybridized carbons (Fsp3) is 0.120. The number of rotatable bonds is 8. The normalized spacial score (nSPS) is 10.5. The summed E-state index contributed by atoms with van der Waals surface area (Å²) >= 11 is 0. The van der Waals surface area contributed by atoms with Crippen LogP contribution in [0.5, 0.6) is 11.6 Å². The van der Waals surface area contributed by atoms with Gasteiger partial charge >= 0.3 is 0 Å². The molecule has 0 aliphatic rings. The summed E-state index contributed by atoms with van der Waals surface area (Å²) in [5.74, 6) is 0.554. The van der Waals surface area contributed by atoms with Gasteiger partial charge in [-0.1, -0.05) is 72.8 Å². The summed E-state index contributed by atoms with van der Waals surface area (Å²) in [6, 6.07) is 27.0. The SMILES string of the molecule is COc1ccccc1NC(=O)c1cn(Cc2ccccc2)nc1OCc1ccccc1. The molecule has 1 N–H and O–H groups in total. The van der Waals surface area contributed by atoms with Crippen molar-refractivity contribution in [3.63, 3.8) is 0 Å². The van der Waals surface area contributed by atoms with Crippen molar-refractivity contribution in [2.75, 3.05) is 12.4 Å². The van der Waals surface area contributed by atoms with Crippen molar-refractivity contribution in [3.05, 3.63) is 108 Å². The van der Waals surface area contributed by atoms with E-state index in [1.165, 1.54) is 0 Å². The van der Waals surface area contributed by atoms with Crippen molar-refractivity contribution in [2.45, 2.75) is 13.2 Å². The van der Waals surface area contributed by atoms with E-state index in [0.29, 0.717) is 30.2 Å². The van der Waals surface area contributed by atoms with Gasteiger partial charge in [-0.15, -0.1) is 5.10 Å². The summed E-state index contributed by atoms with van der Waals surface area (Å²) in [7, 11) is 1.57. The number of methoxy groups -OCH3 is 1. The van der Waals surface area contributed by atoms with E-state index < -0.39 is 0 Å². The Bertz CT molecular complexity index is 1140. The molecular weight excluding hydrogens is 390 g/mol. The Kier molecular flexibility index (Phi) is 6.28. The quantitative estimate of drug-likeness (QED) is 0.452. The third-order valence-corrected chi connectivity index (χ3v) is 4.73. The molecule has 0 aliphatic heterocycles. The Balaban J connectivity index is 1.59. The number of anilines is 1. The third-order valence-electron chi connectivity index (χ3n) is 4.73. The molecule has 0 saturated carbocycles. The number of aromatic nitrogens is 2. The fourth-order valence-electron chi connectivity index (χ4n) is 3.18. The lowest BCUT2D eigenvalue weighted by Gasteiger charge is -2.10. The average molecular weight is 413 g/mol. The van der Waals surface area contributed by atoms with Crippen LogP contribution in [-0.2, 0) is 13.2 Å². The summed E-state index contributed by atoms with van der Waals surface area (Å²) in [4.78, 5) is 13.1. The lowest BCUT2D eigenvalue weighted by atomic mass is 10.2. The topological polar surface area (TPSA) is 65.4 Å². The molecule has 0 radical (unpaired) electrons. The predicted octanol–water partition coefficient (Wildman–Crippen LogP) is 4.77. The van der Waals surface area contributed by atoms with E-state index >= 15 is 0 Å². The second kappa shape index (κ2) is 9.63. The number of benzene rings is 3. The van der Waals surface area contributed by atoms with Crippen molar-refractivity contribution >= 4 is 11.6 Å². The van der Waals surface area contributed by atoms with Crippen LogP contribution in [0, 0.1) is 0 Å². The standard InChI is InChI=1S/C25H23N3O3/c1-30-23-15-9-8-14-22(23)26-24(29)21-17-28(16-19-10-4-2-5-11-19)27-25(21)31-18-20-12-6-3-7-13-20/h2-15,17H,16,18H2,1H3,(H,26,29). The predicted molar refractivity (Wildman–Crippen MR) is 119 cm³/mol. The van der Waals surface area contributed by atoms with E-state index in [0.717, 1.165) is 11.1 Å². The third kappa shape index (κ3) is 5.11. The Morgan fingerprint density at radius 2 is 1.55 bits per heavy atom. The molecule has 0 aliphatic carbocycles. The molecule has 1 heterocycles. The van der Waals surface area contributed by atoms with Crippen LogP contribution in [0.2, 0.25) is 0 Å². The smallest absolute Gasteiger partial charge is 0.262 e. The minimum Gasteiger partial charge on any atom is -0.495 e. The molecular formula is C25H23N3O3. The Morgan fingerprint density at radius 1 is 0.903 bits per heavy atom. The van der Waals surface area contributed by atoms with Crippen molar-refractivity contribution in [1.82, 2.24) is 9.78 Å². The van der Waals surface area contributed by atoms with Crippen molar-refractivity contribution in [3.8, 4) is 11.6 Å². The first kappa shape index (κ1) is 20.2. The first-order chi connectivity index (χ1) is 15.2. The fourth-order valence-corrected chi connectivity index (χ4v) is 3.18. The van der Waals surface area contributed by atoms with Crippen LogP contribution in [0.25, 0.3) is 0 Å². The first-order valence-electron chi connectivity index (χ1n) is 9.95. The minimum atomic E-state index is -0.313. The molecule has 0 unspecified atom stereocenters. The molecule has 1 aromatic heterocycles. The highest BCUT2D eigenvalue weighted by Gasteiger charge is 2.19. The number of amides is 1. The van der Waals surface area contributed by atoms with Crippen LogP contribution < -0.4 is 14.8 Å². The molecule has 0 bridgehead atoms. The maximum absolute atomic E-state index is 13.1. The number of nitrogens with one attached hydrogen (secondary N) is 1. The molecule has 0 fully saturated rings. The molecule has 6 nitrogen and oxygen atoms in total. The van der Waals surface area contributed by atoms with Gasteiger partial charge in [-0.2, -0.15) is 0 Å². The highest BCUT2D eigenvalue weighted by atomic mass is 16.5. The molecule has 31 heavy (non-hydrogen) atoms. The van der Waals surface area contributed by atoms with E-state index in [1.807, 2.05) is 72.8 Å². The highest BCUT2D eigenvalue weighted by molar-refractivity contribution is 6.06. The number of carbonyl (C=O) groups is 1. The number of para-hydroxylation sites is 2. The van der Waals surface area contributed by atoms with Gasteiger partial charge in [0, 0.05) is 6.20 Å². The van der Waals surface area contributed by atoms with Gasteiger partial charge in [-0.25, -0.2) is 0 Å².